The molecule has 0 unspecified atom stereocenters. The molecule has 1 aliphatic rings. The Morgan fingerprint density at radius 2 is 1.68 bits per heavy atom. The zero-order valence-electron chi connectivity index (χ0n) is 26.5. The number of rotatable bonds is 17. The first-order chi connectivity index (χ1) is 20.7. The quantitative estimate of drug-likeness (QED) is 0.150. The molecule has 0 spiro atoms. The van der Waals surface area contributed by atoms with E-state index in [0.29, 0.717) is 12.8 Å². The third-order valence-electron chi connectivity index (χ3n) is 7.36. The van der Waals surface area contributed by atoms with Crippen LogP contribution in [0.5, 0.6) is 0 Å². The van der Waals surface area contributed by atoms with Gasteiger partial charge in [-0.05, 0) is 45.1 Å². The van der Waals surface area contributed by atoms with Crippen molar-refractivity contribution in [1.82, 2.24) is 20.7 Å². The van der Waals surface area contributed by atoms with Gasteiger partial charge in [0.2, 0.25) is 21.8 Å². The van der Waals surface area contributed by atoms with Crippen molar-refractivity contribution in [3.05, 3.63) is 35.9 Å². The highest BCUT2D eigenvalue weighted by molar-refractivity contribution is 7.89. The summed E-state index contributed by atoms with van der Waals surface area (Å²) in [6, 6.07) is 7.42. The summed E-state index contributed by atoms with van der Waals surface area (Å²) in [5.41, 5.74) is 0.0404. The van der Waals surface area contributed by atoms with Crippen molar-refractivity contribution in [2.45, 2.75) is 115 Å². The zero-order valence-corrected chi connectivity index (χ0v) is 27.3. The van der Waals surface area contributed by atoms with E-state index in [9.17, 15) is 33.0 Å². The third kappa shape index (κ3) is 15.3. The molecule has 0 aliphatic heterocycles. The van der Waals surface area contributed by atoms with Crippen LogP contribution in [-0.4, -0.2) is 85.3 Å². The molecule has 0 heterocycles. The standard InChI is InChI=1S/C31H52N4O8S/c1-5-16-44(41,42)33-20-24(36)19-27(37)25(17-22-12-8-6-9-13-22)34-28(38)21-32-29(39)26(18-23-14-10-7-11-15-23)35-30(40)43-31(2,3)4/h7,10-11,14-15,22,24-27,33,36-37H,5-6,8-9,12-13,16-21H2,1-4H3,(H,32,39)(H,34,38)(H,35,40)/t24-,25-,26-,27-/m0/s1. The number of nitrogens with one attached hydrogen (secondary N) is 4. The summed E-state index contributed by atoms with van der Waals surface area (Å²) in [5.74, 6) is -0.888. The number of aliphatic hydroxyl groups excluding tert-OH is 2. The summed E-state index contributed by atoms with van der Waals surface area (Å²) in [4.78, 5) is 38.6. The van der Waals surface area contributed by atoms with E-state index in [1.54, 1.807) is 27.7 Å². The maximum atomic E-state index is 13.1. The fourth-order valence-corrected chi connectivity index (χ4v) is 6.37. The Balaban J connectivity index is 2.03. The number of ether oxygens (including phenoxy) is 1. The molecule has 1 saturated carbocycles. The van der Waals surface area contributed by atoms with Crippen molar-refractivity contribution in [2.75, 3.05) is 18.8 Å². The molecule has 1 aromatic carbocycles. The lowest BCUT2D eigenvalue weighted by Crippen LogP contribution is -2.53. The first-order valence-corrected chi connectivity index (χ1v) is 17.3. The minimum Gasteiger partial charge on any atom is -0.444 e. The van der Waals surface area contributed by atoms with Gasteiger partial charge in [0, 0.05) is 19.4 Å². The van der Waals surface area contributed by atoms with Crippen molar-refractivity contribution in [3.8, 4) is 0 Å². The maximum absolute atomic E-state index is 13.1. The minimum atomic E-state index is -3.52. The van der Waals surface area contributed by atoms with Crippen LogP contribution in [0.25, 0.3) is 0 Å². The van der Waals surface area contributed by atoms with Gasteiger partial charge in [0.25, 0.3) is 0 Å². The Labute approximate surface area is 262 Å². The summed E-state index contributed by atoms with van der Waals surface area (Å²) < 4.78 is 31.6. The zero-order chi connectivity index (χ0) is 32.8. The molecule has 4 atom stereocenters. The lowest BCUT2D eigenvalue weighted by atomic mass is 9.83. The molecule has 1 aromatic rings. The number of hydrogen-bond donors (Lipinski definition) is 6. The Morgan fingerprint density at radius 1 is 1.02 bits per heavy atom. The second-order valence-electron chi connectivity index (χ2n) is 12.6. The molecular formula is C31H52N4O8S. The highest BCUT2D eigenvalue weighted by Crippen LogP contribution is 2.28. The number of amides is 3. The van der Waals surface area contributed by atoms with Gasteiger partial charge in [-0.2, -0.15) is 0 Å². The summed E-state index contributed by atoms with van der Waals surface area (Å²) in [5, 5.41) is 29.4. The normalized spacial score (nSPS) is 17.1. The fraction of sp³-hybridized carbons (Fsp3) is 0.710. The Morgan fingerprint density at radius 3 is 2.30 bits per heavy atom. The number of alkyl carbamates (subject to hydrolysis) is 1. The van der Waals surface area contributed by atoms with E-state index in [4.69, 9.17) is 4.74 Å². The van der Waals surface area contributed by atoms with Gasteiger partial charge in [-0.25, -0.2) is 17.9 Å². The molecule has 44 heavy (non-hydrogen) atoms. The molecular weight excluding hydrogens is 588 g/mol. The van der Waals surface area contributed by atoms with Gasteiger partial charge in [0.05, 0.1) is 30.5 Å². The molecule has 2 rings (SSSR count). The Bertz CT molecular complexity index is 1140. The van der Waals surface area contributed by atoms with Crippen LogP contribution in [0.15, 0.2) is 30.3 Å². The molecule has 0 radical (unpaired) electrons. The van der Waals surface area contributed by atoms with Crippen LogP contribution in [0, 0.1) is 5.92 Å². The molecule has 6 N–H and O–H groups in total. The number of sulfonamides is 1. The SMILES string of the molecule is CCCS(=O)(=O)NC[C@@H](O)C[C@H](O)[C@H](CC1CCCCC1)NC(=O)CNC(=O)[C@H](Cc1ccccc1)NC(=O)OC(C)(C)C. The van der Waals surface area contributed by atoms with Crippen LogP contribution in [0.4, 0.5) is 4.79 Å². The average molecular weight is 641 g/mol. The average Bonchev–Trinajstić information content (AvgIpc) is 2.94. The summed E-state index contributed by atoms with van der Waals surface area (Å²) in [6.07, 6.45) is 3.11. The first-order valence-electron chi connectivity index (χ1n) is 15.6. The van der Waals surface area contributed by atoms with Gasteiger partial charge in [-0.3, -0.25) is 9.59 Å². The number of aliphatic hydroxyl groups is 2. The van der Waals surface area contributed by atoms with E-state index in [1.165, 1.54) is 0 Å². The third-order valence-corrected chi connectivity index (χ3v) is 8.91. The molecule has 250 valence electrons. The molecule has 0 saturated heterocycles. The first kappa shape index (κ1) is 37.4. The van der Waals surface area contributed by atoms with Crippen LogP contribution in [0.3, 0.4) is 0 Å². The van der Waals surface area contributed by atoms with E-state index in [0.717, 1.165) is 37.7 Å². The lowest BCUT2D eigenvalue weighted by Gasteiger charge is -2.31. The summed E-state index contributed by atoms with van der Waals surface area (Å²) in [7, 11) is -3.52. The largest absolute Gasteiger partial charge is 0.444 e. The molecule has 13 heteroatoms. The number of carbonyl (C=O) groups excluding carboxylic acids is 3. The molecule has 1 fully saturated rings. The van der Waals surface area contributed by atoms with Gasteiger partial charge in [-0.15, -0.1) is 0 Å². The van der Waals surface area contributed by atoms with Crippen molar-refractivity contribution in [3.63, 3.8) is 0 Å². The van der Waals surface area contributed by atoms with Gasteiger partial charge >= 0.3 is 6.09 Å². The molecule has 1 aliphatic carbocycles. The van der Waals surface area contributed by atoms with Crippen molar-refractivity contribution in [1.29, 1.82) is 0 Å². The molecule has 12 nitrogen and oxygen atoms in total. The van der Waals surface area contributed by atoms with Gasteiger partial charge < -0.3 is 30.9 Å². The van der Waals surface area contributed by atoms with E-state index in [1.807, 2.05) is 30.3 Å². The van der Waals surface area contributed by atoms with Crippen LogP contribution < -0.4 is 20.7 Å². The van der Waals surface area contributed by atoms with E-state index < -0.39 is 64.4 Å². The van der Waals surface area contributed by atoms with Gasteiger partial charge in [0.1, 0.15) is 11.6 Å². The lowest BCUT2D eigenvalue weighted by molar-refractivity contribution is -0.128. The predicted octanol–water partition coefficient (Wildman–Crippen LogP) is 2.14. The number of benzene rings is 1. The second kappa shape index (κ2) is 18.3. The van der Waals surface area contributed by atoms with Crippen molar-refractivity contribution in [2.24, 2.45) is 5.92 Å². The van der Waals surface area contributed by atoms with E-state index in [2.05, 4.69) is 20.7 Å². The summed E-state index contributed by atoms with van der Waals surface area (Å²) in [6.45, 7) is 6.24. The number of carbonyl (C=O) groups is 3. The van der Waals surface area contributed by atoms with E-state index >= 15 is 0 Å². The molecule has 0 bridgehead atoms. The van der Waals surface area contributed by atoms with Crippen LogP contribution in [-0.2, 0) is 30.8 Å². The topological polar surface area (TPSA) is 183 Å². The fourth-order valence-electron chi connectivity index (χ4n) is 5.24. The Kier molecular flexibility index (Phi) is 15.6. The van der Waals surface area contributed by atoms with Crippen LogP contribution in [0.1, 0.15) is 84.6 Å². The maximum Gasteiger partial charge on any atom is 0.408 e. The Hall–Kier alpha value is -2.74. The monoisotopic (exact) mass is 640 g/mol. The van der Waals surface area contributed by atoms with Crippen LogP contribution in [0.2, 0.25) is 0 Å². The predicted molar refractivity (Wildman–Crippen MR) is 168 cm³/mol. The van der Waals surface area contributed by atoms with Gasteiger partial charge in [-0.1, -0.05) is 69.4 Å². The van der Waals surface area contributed by atoms with E-state index in [-0.39, 0.29) is 31.1 Å². The van der Waals surface area contributed by atoms with Gasteiger partial charge in [0.15, 0.2) is 0 Å². The summed E-state index contributed by atoms with van der Waals surface area (Å²) >= 11 is 0. The number of hydrogen-bond acceptors (Lipinski definition) is 8. The smallest absolute Gasteiger partial charge is 0.408 e. The van der Waals surface area contributed by atoms with Crippen molar-refractivity contribution >= 4 is 27.9 Å². The minimum absolute atomic E-state index is 0.0617. The highest BCUT2D eigenvalue weighted by Gasteiger charge is 2.29. The second-order valence-corrected chi connectivity index (χ2v) is 14.6. The molecule has 3 amide bonds. The van der Waals surface area contributed by atoms with Crippen molar-refractivity contribution < 1.29 is 37.8 Å². The van der Waals surface area contributed by atoms with Crippen LogP contribution >= 0.6 is 0 Å². The molecule has 0 aromatic heterocycles. The highest BCUT2D eigenvalue weighted by atomic mass is 32.2.